The van der Waals surface area contributed by atoms with Crippen LogP contribution >= 0.6 is 0 Å². The van der Waals surface area contributed by atoms with Gasteiger partial charge in [0.25, 0.3) is 0 Å². The number of nitrogens with zero attached hydrogens (tertiary/aromatic N) is 1. The number of hydrogen-bond acceptors (Lipinski definition) is 5. The van der Waals surface area contributed by atoms with Crippen LogP contribution in [0.15, 0.2) is 18.2 Å². The topological polar surface area (TPSA) is 113 Å². The monoisotopic (exact) mass is 330 g/mol. The van der Waals surface area contributed by atoms with Gasteiger partial charge in [-0.3, -0.25) is 4.79 Å². The van der Waals surface area contributed by atoms with Gasteiger partial charge in [0.1, 0.15) is 5.75 Å². The first-order valence-corrected chi connectivity index (χ1v) is 8.11. The van der Waals surface area contributed by atoms with Crippen LogP contribution in [0.1, 0.15) is 5.56 Å². The van der Waals surface area contributed by atoms with Crippen molar-refractivity contribution in [3.63, 3.8) is 0 Å². The number of sulfonamides is 1. The quantitative estimate of drug-likeness (QED) is 0.743. The SMILES string of the molecule is Cc1cc(OCC(=O)O)ccc1NC(=O)CN(C)S(C)(=O)=O. The standard InChI is InChI=1S/C13H18N2O6S/c1-9-6-10(21-8-13(17)18)4-5-11(9)14-12(16)7-15(2)22(3,19)20/h4-6H,7-8H2,1-3H3,(H,14,16)(H,17,18). The molecule has 0 aromatic heterocycles. The number of ether oxygens (including phenoxy) is 1. The van der Waals surface area contributed by atoms with Crippen molar-refractivity contribution < 1.29 is 27.9 Å². The van der Waals surface area contributed by atoms with E-state index in [9.17, 15) is 18.0 Å². The zero-order valence-corrected chi connectivity index (χ0v) is 13.3. The van der Waals surface area contributed by atoms with Gasteiger partial charge in [0.2, 0.25) is 15.9 Å². The average molecular weight is 330 g/mol. The second-order valence-corrected chi connectivity index (χ2v) is 6.82. The summed E-state index contributed by atoms with van der Waals surface area (Å²) in [5.41, 5.74) is 1.16. The van der Waals surface area contributed by atoms with Crippen molar-refractivity contribution in [1.82, 2.24) is 4.31 Å². The van der Waals surface area contributed by atoms with Crippen LogP contribution in [0.2, 0.25) is 0 Å². The molecule has 22 heavy (non-hydrogen) atoms. The summed E-state index contributed by atoms with van der Waals surface area (Å²) in [4.78, 5) is 22.2. The number of benzene rings is 1. The Balaban J connectivity index is 2.70. The summed E-state index contributed by atoms with van der Waals surface area (Å²) in [6.07, 6.45) is 1.01. The highest BCUT2D eigenvalue weighted by Gasteiger charge is 2.15. The average Bonchev–Trinajstić information content (AvgIpc) is 2.38. The van der Waals surface area contributed by atoms with Crippen molar-refractivity contribution in [3.8, 4) is 5.75 Å². The Hall–Kier alpha value is -2.13. The lowest BCUT2D eigenvalue weighted by Crippen LogP contribution is -2.34. The number of carboxylic acid groups (broad SMARTS) is 1. The van der Waals surface area contributed by atoms with Gasteiger partial charge in [-0.1, -0.05) is 0 Å². The molecule has 0 fully saturated rings. The maximum atomic E-state index is 11.8. The van der Waals surface area contributed by atoms with Gasteiger partial charge in [-0.15, -0.1) is 0 Å². The van der Waals surface area contributed by atoms with Gasteiger partial charge in [0.15, 0.2) is 6.61 Å². The summed E-state index contributed by atoms with van der Waals surface area (Å²) in [5.74, 6) is -1.19. The Kier molecular flexibility index (Phi) is 5.89. The van der Waals surface area contributed by atoms with Gasteiger partial charge in [-0.05, 0) is 30.7 Å². The molecule has 122 valence electrons. The highest BCUT2D eigenvalue weighted by Crippen LogP contribution is 2.21. The second kappa shape index (κ2) is 7.23. The highest BCUT2D eigenvalue weighted by atomic mass is 32.2. The molecular weight excluding hydrogens is 312 g/mol. The molecule has 0 atom stereocenters. The Morgan fingerprint density at radius 2 is 2.00 bits per heavy atom. The molecule has 0 heterocycles. The normalized spacial score (nSPS) is 11.3. The molecule has 0 bridgehead atoms. The molecule has 0 saturated heterocycles. The number of anilines is 1. The molecule has 1 rings (SSSR count). The summed E-state index contributed by atoms with van der Waals surface area (Å²) in [7, 11) is -2.12. The number of carbonyl (C=O) groups is 2. The van der Waals surface area contributed by atoms with Crippen LogP contribution in [0.25, 0.3) is 0 Å². The number of likely N-dealkylation sites (N-methyl/N-ethyl adjacent to an activating group) is 1. The minimum Gasteiger partial charge on any atom is -0.482 e. The Labute approximate surface area is 128 Å². The first-order chi connectivity index (χ1) is 10.1. The lowest BCUT2D eigenvalue weighted by atomic mass is 10.2. The molecule has 0 saturated carbocycles. The van der Waals surface area contributed by atoms with Crippen molar-refractivity contribution in [1.29, 1.82) is 0 Å². The van der Waals surface area contributed by atoms with E-state index in [-0.39, 0.29) is 6.54 Å². The number of amides is 1. The molecule has 0 spiro atoms. The van der Waals surface area contributed by atoms with Crippen molar-refractivity contribution in [2.24, 2.45) is 0 Å². The van der Waals surface area contributed by atoms with Crippen LogP contribution in [0.5, 0.6) is 5.75 Å². The number of aliphatic carboxylic acids is 1. The molecule has 1 aromatic rings. The van der Waals surface area contributed by atoms with E-state index >= 15 is 0 Å². The smallest absolute Gasteiger partial charge is 0.341 e. The zero-order valence-electron chi connectivity index (χ0n) is 12.5. The van der Waals surface area contributed by atoms with E-state index in [4.69, 9.17) is 9.84 Å². The van der Waals surface area contributed by atoms with Crippen molar-refractivity contribution in [2.75, 3.05) is 31.8 Å². The first-order valence-electron chi connectivity index (χ1n) is 6.26. The van der Waals surface area contributed by atoms with E-state index in [1.807, 2.05) is 0 Å². The Morgan fingerprint density at radius 3 is 2.50 bits per heavy atom. The van der Waals surface area contributed by atoms with Gasteiger partial charge in [-0.25, -0.2) is 13.2 Å². The number of hydrogen-bond donors (Lipinski definition) is 2. The zero-order chi connectivity index (χ0) is 16.9. The van der Waals surface area contributed by atoms with Crippen molar-refractivity contribution in [2.45, 2.75) is 6.92 Å². The van der Waals surface area contributed by atoms with E-state index in [0.29, 0.717) is 17.0 Å². The lowest BCUT2D eigenvalue weighted by Gasteiger charge is -2.15. The van der Waals surface area contributed by atoms with Crippen LogP contribution in [0, 0.1) is 6.92 Å². The maximum Gasteiger partial charge on any atom is 0.341 e. The lowest BCUT2D eigenvalue weighted by molar-refractivity contribution is -0.139. The predicted molar refractivity (Wildman–Crippen MR) is 80.4 cm³/mol. The molecule has 0 aliphatic rings. The van der Waals surface area contributed by atoms with Gasteiger partial charge < -0.3 is 15.2 Å². The minimum atomic E-state index is -3.43. The molecule has 1 amide bonds. The molecule has 8 nitrogen and oxygen atoms in total. The fourth-order valence-corrected chi connectivity index (χ4v) is 1.87. The molecule has 2 N–H and O–H groups in total. The Bertz CT molecular complexity index is 671. The summed E-state index contributed by atoms with van der Waals surface area (Å²) < 4.78 is 28.4. The van der Waals surface area contributed by atoms with E-state index in [1.165, 1.54) is 13.1 Å². The number of rotatable bonds is 7. The van der Waals surface area contributed by atoms with Gasteiger partial charge in [-0.2, -0.15) is 4.31 Å². The van der Waals surface area contributed by atoms with E-state index in [2.05, 4.69) is 5.32 Å². The van der Waals surface area contributed by atoms with Crippen molar-refractivity contribution >= 4 is 27.6 Å². The van der Waals surface area contributed by atoms with Crippen LogP contribution < -0.4 is 10.1 Å². The van der Waals surface area contributed by atoms with Gasteiger partial charge in [0, 0.05) is 12.7 Å². The number of aryl methyl sites for hydroxylation is 1. The van der Waals surface area contributed by atoms with Crippen molar-refractivity contribution in [3.05, 3.63) is 23.8 Å². The molecule has 0 aliphatic heterocycles. The fourth-order valence-electron chi connectivity index (χ4n) is 1.52. The second-order valence-electron chi connectivity index (χ2n) is 4.73. The third-order valence-corrected chi connectivity index (χ3v) is 4.03. The van der Waals surface area contributed by atoms with Gasteiger partial charge in [0.05, 0.1) is 12.8 Å². The molecule has 9 heteroatoms. The minimum absolute atomic E-state index is 0.296. The van der Waals surface area contributed by atoms with Crippen LogP contribution in [-0.4, -0.2) is 56.2 Å². The number of nitrogens with one attached hydrogen (secondary N) is 1. The fraction of sp³-hybridized carbons (Fsp3) is 0.385. The molecule has 0 unspecified atom stereocenters. The van der Waals surface area contributed by atoms with E-state index in [1.54, 1.807) is 19.1 Å². The maximum absolute atomic E-state index is 11.8. The highest BCUT2D eigenvalue weighted by molar-refractivity contribution is 7.88. The predicted octanol–water partition coefficient (Wildman–Crippen LogP) is 0.288. The molecular formula is C13H18N2O6S. The Morgan fingerprint density at radius 1 is 1.36 bits per heavy atom. The van der Waals surface area contributed by atoms with E-state index in [0.717, 1.165) is 10.6 Å². The number of carbonyl (C=O) groups excluding carboxylic acids is 1. The van der Waals surface area contributed by atoms with Crippen LogP contribution in [-0.2, 0) is 19.6 Å². The molecule has 1 aromatic carbocycles. The molecule has 0 aliphatic carbocycles. The van der Waals surface area contributed by atoms with Crippen LogP contribution in [0.4, 0.5) is 5.69 Å². The summed E-state index contributed by atoms with van der Waals surface area (Å²) in [5, 5.41) is 11.1. The van der Waals surface area contributed by atoms with E-state index < -0.39 is 28.5 Å². The third kappa shape index (κ3) is 5.70. The van der Waals surface area contributed by atoms with Gasteiger partial charge >= 0.3 is 5.97 Å². The number of carboxylic acids is 1. The summed E-state index contributed by atoms with van der Waals surface area (Å²) in [6, 6.07) is 4.66. The van der Waals surface area contributed by atoms with Crippen LogP contribution in [0.3, 0.4) is 0 Å². The largest absolute Gasteiger partial charge is 0.482 e. The molecule has 0 radical (unpaired) electrons. The first kappa shape index (κ1) is 17.9. The third-order valence-electron chi connectivity index (χ3n) is 2.77. The summed E-state index contributed by atoms with van der Waals surface area (Å²) in [6.45, 7) is 0.962. The summed E-state index contributed by atoms with van der Waals surface area (Å²) >= 11 is 0.